The summed E-state index contributed by atoms with van der Waals surface area (Å²) in [5.41, 5.74) is 4.59. The first-order chi connectivity index (χ1) is 10.3. The number of fused-ring (bicyclic) bond motifs is 1. The molecule has 0 unspecified atom stereocenters. The maximum atomic E-state index is 9.48. The van der Waals surface area contributed by atoms with Crippen molar-refractivity contribution in [2.45, 2.75) is 20.0 Å². The second-order valence-electron chi connectivity index (χ2n) is 4.75. The van der Waals surface area contributed by atoms with E-state index >= 15 is 0 Å². The predicted molar refractivity (Wildman–Crippen MR) is 83.7 cm³/mol. The average Bonchev–Trinajstić information content (AvgIpc) is 2.92. The zero-order chi connectivity index (χ0) is 14.7. The first-order valence-corrected chi connectivity index (χ1v) is 7.67. The van der Waals surface area contributed by atoms with E-state index in [0.717, 1.165) is 28.6 Å². The molecule has 1 aromatic carbocycles. The smallest absolute Gasteiger partial charge is 0.214 e. The summed E-state index contributed by atoms with van der Waals surface area (Å²) in [5.74, 6) is 0.555. The number of aliphatic hydroxyl groups is 1. The molecule has 0 fully saturated rings. The van der Waals surface area contributed by atoms with E-state index in [9.17, 15) is 5.11 Å². The van der Waals surface area contributed by atoms with E-state index in [1.54, 1.807) is 11.3 Å². The number of para-hydroxylation sites is 1. The Bertz CT molecular complexity index is 755. The molecule has 0 aliphatic rings. The Balaban J connectivity index is 1.76. The Kier molecular flexibility index (Phi) is 4.13. The van der Waals surface area contributed by atoms with Crippen molar-refractivity contribution < 1.29 is 9.84 Å². The Morgan fingerprint density at radius 3 is 2.90 bits per heavy atom. The molecule has 108 valence electrons. The fourth-order valence-electron chi connectivity index (χ4n) is 2.24. The summed E-state index contributed by atoms with van der Waals surface area (Å²) >= 11 is 1.64. The van der Waals surface area contributed by atoms with Crippen molar-refractivity contribution in [2.24, 2.45) is 0 Å². The van der Waals surface area contributed by atoms with Gasteiger partial charge in [-0.05, 0) is 18.6 Å². The molecule has 2 aromatic heterocycles. The van der Waals surface area contributed by atoms with E-state index in [1.165, 1.54) is 4.88 Å². The molecule has 3 rings (SSSR count). The van der Waals surface area contributed by atoms with E-state index in [2.05, 4.69) is 9.97 Å². The number of hydrogen-bond donors (Lipinski definition) is 1. The quantitative estimate of drug-likeness (QED) is 0.786. The first kappa shape index (κ1) is 14.0. The van der Waals surface area contributed by atoms with Crippen LogP contribution in [-0.4, -0.2) is 21.7 Å². The van der Waals surface area contributed by atoms with Crippen LogP contribution in [0, 0.1) is 6.92 Å². The summed E-state index contributed by atoms with van der Waals surface area (Å²) in [7, 11) is 0. The largest absolute Gasteiger partial charge is 0.477 e. The third kappa shape index (κ3) is 3.04. The molecule has 0 radical (unpaired) electrons. The Hall–Kier alpha value is -1.98. The third-order valence-electron chi connectivity index (χ3n) is 3.37. The van der Waals surface area contributed by atoms with Gasteiger partial charge in [-0.2, -0.15) is 0 Å². The molecule has 3 aromatic rings. The first-order valence-electron chi connectivity index (χ1n) is 6.79. The van der Waals surface area contributed by atoms with Gasteiger partial charge in [-0.1, -0.05) is 18.2 Å². The molecular formula is C16H16N2O2S. The summed E-state index contributed by atoms with van der Waals surface area (Å²) in [6, 6.07) is 9.56. The van der Waals surface area contributed by atoms with Crippen molar-refractivity contribution in [1.29, 1.82) is 0 Å². The lowest BCUT2D eigenvalue weighted by Crippen LogP contribution is -2.03. The molecule has 2 heterocycles. The number of aromatic nitrogens is 2. The molecule has 1 N–H and O–H groups in total. The van der Waals surface area contributed by atoms with Crippen LogP contribution in [0.1, 0.15) is 16.1 Å². The number of benzene rings is 1. The molecular weight excluding hydrogens is 284 g/mol. The van der Waals surface area contributed by atoms with E-state index in [1.807, 2.05) is 42.8 Å². The Morgan fingerprint density at radius 1 is 1.29 bits per heavy atom. The van der Waals surface area contributed by atoms with Gasteiger partial charge in [0, 0.05) is 22.8 Å². The van der Waals surface area contributed by atoms with E-state index in [-0.39, 0.29) is 6.61 Å². The highest BCUT2D eigenvalue weighted by Crippen LogP contribution is 2.22. The minimum atomic E-state index is -0.0205. The molecule has 21 heavy (non-hydrogen) atoms. The molecule has 5 heteroatoms. The van der Waals surface area contributed by atoms with Crippen LogP contribution >= 0.6 is 11.3 Å². The van der Waals surface area contributed by atoms with Crippen molar-refractivity contribution in [3.8, 4) is 5.88 Å². The lowest BCUT2D eigenvalue weighted by molar-refractivity contribution is 0.279. The lowest BCUT2D eigenvalue weighted by atomic mass is 10.1. The lowest BCUT2D eigenvalue weighted by Gasteiger charge is -2.09. The number of aliphatic hydroxyl groups excluding tert-OH is 1. The molecule has 0 saturated carbocycles. The van der Waals surface area contributed by atoms with Crippen LogP contribution in [-0.2, 0) is 13.0 Å². The minimum Gasteiger partial charge on any atom is -0.477 e. The normalized spacial score (nSPS) is 11.0. The van der Waals surface area contributed by atoms with Gasteiger partial charge in [-0.25, -0.2) is 9.97 Å². The minimum absolute atomic E-state index is 0.0205. The van der Waals surface area contributed by atoms with Crippen molar-refractivity contribution in [2.75, 3.05) is 6.61 Å². The number of hydrogen-bond acceptors (Lipinski definition) is 5. The maximum absolute atomic E-state index is 9.48. The highest BCUT2D eigenvalue weighted by atomic mass is 32.1. The monoisotopic (exact) mass is 300 g/mol. The number of rotatable bonds is 5. The van der Waals surface area contributed by atoms with Crippen LogP contribution in [0.15, 0.2) is 35.8 Å². The van der Waals surface area contributed by atoms with Crippen LogP contribution in [0.25, 0.3) is 10.9 Å². The SMILES string of the molecule is Cc1ncsc1CCOc1cc(CO)c2ccccc2n1. The topological polar surface area (TPSA) is 55.2 Å². The van der Waals surface area contributed by atoms with Crippen molar-refractivity contribution in [3.05, 3.63) is 52.0 Å². The number of ether oxygens (including phenoxy) is 1. The molecule has 0 saturated heterocycles. The molecule has 0 atom stereocenters. The summed E-state index contributed by atoms with van der Waals surface area (Å²) in [6.45, 7) is 2.54. The number of pyridine rings is 1. The number of aryl methyl sites for hydroxylation is 1. The summed E-state index contributed by atoms with van der Waals surface area (Å²) in [6.07, 6.45) is 0.819. The summed E-state index contributed by atoms with van der Waals surface area (Å²) < 4.78 is 5.74. The van der Waals surface area contributed by atoms with E-state index in [0.29, 0.717) is 12.5 Å². The highest BCUT2D eigenvalue weighted by Gasteiger charge is 2.07. The Morgan fingerprint density at radius 2 is 2.14 bits per heavy atom. The molecule has 0 aliphatic carbocycles. The molecule has 0 bridgehead atoms. The van der Waals surface area contributed by atoms with Crippen LogP contribution in [0.5, 0.6) is 5.88 Å². The van der Waals surface area contributed by atoms with Gasteiger partial charge in [0.1, 0.15) is 0 Å². The van der Waals surface area contributed by atoms with Crippen LogP contribution in [0.2, 0.25) is 0 Å². The fraction of sp³-hybridized carbons (Fsp3) is 0.250. The van der Waals surface area contributed by atoms with E-state index < -0.39 is 0 Å². The van der Waals surface area contributed by atoms with Crippen molar-refractivity contribution in [3.63, 3.8) is 0 Å². The van der Waals surface area contributed by atoms with Gasteiger partial charge in [-0.3, -0.25) is 0 Å². The van der Waals surface area contributed by atoms with Gasteiger partial charge < -0.3 is 9.84 Å². The average molecular weight is 300 g/mol. The van der Waals surface area contributed by atoms with Crippen LogP contribution < -0.4 is 4.74 Å². The zero-order valence-corrected chi connectivity index (χ0v) is 12.6. The van der Waals surface area contributed by atoms with Gasteiger partial charge in [0.25, 0.3) is 0 Å². The summed E-state index contributed by atoms with van der Waals surface area (Å²) in [5, 5.41) is 10.4. The highest BCUT2D eigenvalue weighted by molar-refractivity contribution is 7.09. The van der Waals surface area contributed by atoms with Gasteiger partial charge in [0.2, 0.25) is 5.88 Å². The van der Waals surface area contributed by atoms with Crippen LogP contribution in [0.4, 0.5) is 0 Å². The van der Waals surface area contributed by atoms with Gasteiger partial charge in [-0.15, -0.1) is 11.3 Å². The maximum Gasteiger partial charge on any atom is 0.214 e. The van der Waals surface area contributed by atoms with Crippen molar-refractivity contribution in [1.82, 2.24) is 9.97 Å². The standard InChI is InChI=1S/C16H16N2O2S/c1-11-15(21-10-17-11)6-7-20-16-8-12(9-19)13-4-2-3-5-14(13)18-16/h2-5,8,10,19H,6-7,9H2,1H3. The van der Waals surface area contributed by atoms with Gasteiger partial charge >= 0.3 is 0 Å². The van der Waals surface area contributed by atoms with Gasteiger partial charge in [0.05, 0.1) is 29.9 Å². The molecule has 0 amide bonds. The third-order valence-corrected chi connectivity index (χ3v) is 4.37. The number of thiazole rings is 1. The van der Waals surface area contributed by atoms with E-state index in [4.69, 9.17) is 4.74 Å². The zero-order valence-electron chi connectivity index (χ0n) is 11.7. The van der Waals surface area contributed by atoms with Gasteiger partial charge in [0.15, 0.2) is 0 Å². The second-order valence-corrected chi connectivity index (χ2v) is 5.69. The molecule has 0 aliphatic heterocycles. The summed E-state index contributed by atoms with van der Waals surface area (Å²) in [4.78, 5) is 9.94. The predicted octanol–water partition coefficient (Wildman–Crippen LogP) is 3.11. The number of nitrogens with zero attached hydrogens (tertiary/aromatic N) is 2. The Labute approximate surface area is 127 Å². The van der Waals surface area contributed by atoms with Crippen molar-refractivity contribution >= 4 is 22.2 Å². The second kappa shape index (κ2) is 6.20. The molecule has 0 spiro atoms. The fourth-order valence-corrected chi connectivity index (χ4v) is 3.00. The molecule has 4 nitrogen and oxygen atoms in total. The van der Waals surface area contributed by atoms with Crippen LogP contribution in [0.3, 0.4) is 0 Å².